The normalized spacial score (nSPS) is 10.5. The molecule has 0 fully saturated rings. The number of amides is 1. The summed E-state index contributed by atoms with van der Waals surface area (Å²) >= 11 is 0. The second kappa shape index (κ2) is 8.08. The number of esters is 1. The van der Waals surface area contributed by atoms with Gasteiger partial charge in [0.05, 0.1) is 11.7 Å². The summed E-state index contributed by atoms with van der Waals surface area (Å²) in [5.74, 6) is 0.155. The van der Waals surface area contributed by atoms with Crippen molar-refractivity contribution in [3.8, 4) is 17.6 Å². The lowest BCUT2D eigenvalue weighted by Crippen LogP contribution is -2.16. The first kappa shape index (κ1) is 19.8. The number of carbonyl (C=O) groups excluding carboxylic acids is 2. The van der Waals surface area contributed by atoms with E-state index in [4.69, 9.17) is 4.74 Å². The Hall–Kier alpha value is -4.51. The lowest BCUT2D eigenvalue weighted by Gasteiger charge is -2.11. The Morgan fingerprint density at radius 2 is 1.87 bits per heavy atom. The van der Waals surface area contributed by atoms with Gasteiger partial charge in [-0.05, 0) is 48.9 Å². The van der Waals surface area contributed by atoms with E-state index in [0.717, 1.165) is 16.5 Å². The van der Waals surface area contributed by atoms with E-state index in [9.17, 15) is 14.9 Å². The first-order chi connectivity index (χ1) is 15.0. The number of benzene rings is 2. The van der Waals surface area contributed by atoms with Gasteiger partial charge < -0.3 is 10.1 Å². The first-order valence-corrected chi connectivity index (χ1v) is 9.41. The number of nitriles is 1. The van der Waals surface area contributed by atoms with Crippen molar-refractivity contribution in [1.82, 2.24) is 14.8 Å². The van der Waals surface area contributed by atoms with Gasteiger partial charge in [0, 0.05) is 17.9 Å². The standard InChI is InChI=1S/C23H17N5O3/c1-14-11-21(26-20-6-4-3-5-19(14)20)28-22(17(12-24)13-25-28)27-23(30)16-7-9-18(10-8-16)31-15(2)29/h3-11,13H,1-2H3,(H,27,30). The maximum Gasteiger partial charge on any atom is 0.308 e. The van der Waals surface area contributed by atoms with E-state index in [1.807, 2.05) is 43.3 Å². The number of hydrogen-bond acceptors (Lipinski definition) is 6. The van der Waals surface area contributed by atoms with Crippen LogP contribution in [0.5, 0.6) is 5.75 Å². The minimum atomic E-state index is -0.446. The average Bonchev–Trinajstić information content (AvgIpc) is 3.16. The zero-order chi connectivity index (χ0) is 22.0. The van der Waals surface area contributed by atoms with Crippen molar-refractivity contribution in [2.75, 3.05) is 5.32 Å². The maximum atomic E-state index is 12.8. The van der Waals surface area contributed by atoms with E-state index in [2.05, 4.69) is 15.4 Å². The predicted molar refractivity (Wildman–Crippen MR) is 114 cm³/mol. The Kier molecular flexibility index (Phi) is 5.16. The Bertz CT molecular complexity index is 1350. The maximum absolute atomic E-state index is 12.8. The van der Waals surface area contributed by atoms with Gasteiger partial charge in [-0.3, -0.25) is 9.59 Å². The Morgan fingerprint density at radius 1 is 1.13 bits per heavy atom. The molecule has 2 aromatic carbocycles. The van der Waals surface area contributed by atoms with Crippen LogP contribution in [0.3, 0.4) is 0 Å². The third kappa shape index (κ3) is 3.97. The number of nitrogens with zero attached hydrogens (tertiary/aromatic N) is 4. The van der Waals surface area contributed by atoms with Crippen LogP contribution in [0.15, 0.2) is 60.8 Å². The van der Waals surface area contributed by atoms with E-state index in [1.54, 1.807) is 0 Å². The fourth-order valence-electron chi connectivity index (χ4n) is 3.18. The number of fused-ring (bicyclic) bond motifs is 1. The summed E-state index contributed by atoms with van der Waals surface area (Å²) < 4.78 is 6.41. The molecule has 0 radical (unpaired) electrons. The van der Waals surface area contributed by atoms with Gasteiger partial charge in [-0.2, -0.15) is 15.0 Å². The highest BCUT2D eigenvalue weighted by Gasteiger charge is 2.18. The number of carbonyl (C=O) groups is 2. The molecule has 1 amide bonds. The number of aromatic nitrogens is 3. The minimum Gasteiger partial charge on any atom is -0.427 e. The van der Waals surface area contributed by atoms with Crippen LogP contribution in [-0.4, -0.2) is 26.6 Å². The number of pyridine rings is 1. The highest BCUT2D eigenvalue weighted by molar-refractivity contribution is 6.04. The topological polar surface area (TPSA) is 110 Å². The summed E-state index contributed by atoms with van der Waals surface area (Å²) in [7, 11) is 0. The molecule has 2 heterocycles. The van der Waals surface area contributed by atoms with Crippen LogP contribution in [0.1, 0.15) is 28.4 Å². The largest absolute Gasteiger partial charge is 0.427 e. The molecule has 1 N–H and O–H groups in total. The monoisotopic (exact) mass is 411 g/mol. The average molecular weight is 411 g/mol. The molecule has 31 heavy (non-hydrogen) atoms. The van der Waals surface area contributed by atoms with Crippen LogP contribution in [0.2, 0.25) is 0 Å². The quantitative estimate of drug-likeness (QED) is 0.404. The summed E-state index contributed by atoms with van der Waals surface area (Å²) in [6.07, 6.45) is 1.38. The zero-order valence-electron chi connectivity index (χ0n) is 16.8. The van der Waals surface area contributed by atoms with Crippen LogP contribution in [0.25, 0.3) is 16.7 Å². The molecule has 8 nitrogen and oxygen atoms in total. The highest BCUT2D eigenvalue weighted by atomic mass is 16.5. The fourth-order valence-corrected chi connectivity index (χ4v) is 3.18. The van der Waals surface area contributed by atoms with Gasteiger partial charge in [-0.1, -0.05) is 18.2 Å². The molecule has 8 heteroatoms. The van der Waals surface area contributed by atoms with Crippen LogP contribution < -0.4 is 10.1 Å². The smallest absolute Gasteiger partial charge is 0.308 e. The van der Waals surface area contributed by atoms with Crippen LogP contribution in [-0.2, 0) is 4.79 Å². The zero-order valence-corrected chi connectivity index (χ0v) is 16.8. The van der Waals surface area contributed by atoms with E-state index in [-0.39, 0.29) is 11.4 Å². The number of nitrogens with one attached hydrogen (secondary N) is 1. The van der Waals surface area contributed by atoms with E-state index < -0.39 is 11.9 Å². The Balaban J connectivity index is 1.69. The second-order valence-electron chi connectivity index (χ2n) is 6.82. The molecule has 4 aromatic rings. The summed E-state index contributed by atoms with van der Waals surface area (Å²) in [5.41, 5.74) is 2.31. The number of hydrogen-bond donors (Lipinski definition) is 1. The van der Waals surface area contributed by atoms with Gasteiger partial charge in [0.2, 0.25) is 0 Å². The molecular formula is C23H17N5O3. The lowest BCUT2D eigenvalue weighted by molar-refractivity contribution is -0.131. The van der Waals surface area contributed by atoms with E-state index in [0.29, 0.717) is 17.1 Å². The van der Waals surface area contributed by atoms with Crippen LogP contribution in [0.4, 0.5) is 5.82 Å². The third-order valence-electron chi connectivity index (χ3n) is 4.63. The highest BCUT2D eigenvalue weighted by Crippen LogP contribution is 2.24. The molecule has 0 atom stereocenters. The van der Waals surface area contributed by atoms with Crippen molar-refractivity contribution in [2.24, 2.45) is 0 Å². The SMILES string of the molecule is CC(=O)Oc1ccc(C(=O)Nc2c(C#N)cnn2-c2cc(C)c3ccccc3n2)cc1. The molecule has 0 saturated carbocycles. The molecule has 0 aliphatic heterocycles. The fraction of sp³-hybridized carbons (Fsp3) is 0.0870. The first-order valence-electron chi connectivity index (χ1n) is 9.41. The molecule has 0 aliphatic carbocycles. The van der Waals surface area contributed by atoms with Crippen molar-refractivity contribution in [3.05, 3.63) is 77.5 Å². The van der Waals surface area contributed by atoms with Crippen LogP contribution in [0, 0.1) is 18.3 Å². The second-order valence-corrected chi connectivity index (χ2v) is 6.82. The third-order valence-corrected chi connectivity index (χ3v) is 4.63. The van der Waals surface area contributed by atoms with Crippen molar-refractivity contribution in [2.45, 2.75) is 13.8 Å². The molecule has 4 rings (SSSR count). The lowest BCUT2D eigenvalue weighted by atomic mass is 10.1. The van der Waals surface area contributed by atoms with Gasteiger partial charge in [0.25, 0.3) is 5.91 Å². The van der Waals surface area contributed by atoms with Crippen molar-refractivity contribution >= 4 is 28.6 Å². The predicted octanol–water partition coefficient (Wildman–Crippen LogP) is 3.78. The van der Waals surface area contributed by atoms with Gasteiger partial charge >= 0.3 is 5.97 Å². The number of anilines is 1. The molecule has 0 unspecified atom stereocenters. The summed E-state index contributed by atoms with van der Waals surface area (Å²) in [4.78, 5) is 28.5. The van der Waals surface area contributed by atoms with Crippen LogP contribution >= 0.6 is 0 Å². The van der Waals surface area contributed by atoms with Crippen molar-refractivity contribution in [1.29, 1.82) is 5.26 Å². The summed E-state index contributed by atoms with van der Waals surface area (Å²) in [6, 6.07) is 17.7. The molecule has 0 aliphatic rings. The van der Waals surface area contributed by atoms with E-state index >= 15 is 0 Å². The minimum absolute atomic E-state index is 0.206. The molecule has 0 spiro atoms. The van der Waals surface area contributed by atoms with Crippen molar-refractivity contribution < 1.29 is 14.3 Å². The molecule has 152 valence electrons. The molecular weight excluding hydrogens is 394 g/mol. The number of para-hydroxylation sites is 1. The van der Waals surface area contributed by atoms with E-state index in [1.165, 1.54) is 42.1 Å². The van der Waals surface area contributed by atoms with Gasteiger partial charge in [0.15, 0.2) is 11.6 Å². The molecule has 0 saturated heterocycles. The number of ether oxygens (including phenoxy) is 1. The van der Waals surface area contributed by atoms with Gasteiger partial charge in [-0.15, -0.1) is 0 Å². The Labute approximate surface area is 177 Å². The Morgan fingerprint density at radius 3 is 2.58 bits per heavy atom. The van der Waals surface area contributed by atoms with Gasteiger partial charge in [0.1, 0.15) is 17.4 Å². The number of aryl methyl sites for hydroxylation is 1. The van der Waals surface area contributed by atoms with Gasteiger partial charge in [-0.25, -0.2) is 4.98 Å². The number of rotatable bonds is 4. The summed E-state index contributed by atoms with van der Waals surface area (Å²) in [6.45, 7) is 3.26. The molecule has 2 aromatic heterocycles. The summed E-state index contributed by atoms with van der Waals surface area (Å²) in [5, 5.41) is 17.5. The molecule has 0 bridgehead atoms. The van der Waals surface area contributed by atoms with Crippen molar-refractivity contribution in [3.63, 3.8) is 0 Å².